The Morgan fingerprint density at radius 1 is 1.27 bits per heavy atom. The molecule has 1 unspecified atom stereocenters. The summed E-state index contributed by atoms with van der Waals surface area (Å²) < 4.78 is 1.35. The number of fused-ring (bicyclic) bond motifs is 1. The van der Waals surface area contributed by atoms with Crippen LogP contribution >= 0.6 is 11.3 Å². The number of aromatic nitrogens is 2. The summed E-state index contributed by atoms with van der Waals surface area (Å²) in [7, 11) is 0. The summed E-state index contributed by atoms with van der Waals surface area (Å²) in [6.45, 7) is 2.02. The smallest absolute Gasteiger partial charge is 0.271 e. The zero-order valence-corrected chi connectivity index (χ0v) is 14.8. The number of amides is 2. The summed E-state index contributed by atoms with van der Waals surface area (Å²) in [6, 6.07) is 7.20. The highest BCUT2D eigenvalue weighted by Crippen LogP contribution is 2.27. The fourth-order valence-corrected chi connectivity index (χ4v) is 3.79. The van der Waals surface area contributed by atoms with Gasteiger partial charge in [-0.25, -0.2) is 4.98 Å². The molecule has 0 saturated carbocycles. The van der Waals surface area contributed by atoms with Gasteiger partial charge in [0.15, 0.2) is 4.96 Å². The Morgan fingerprint density at radius 2 is 2.04 bits per heavy atom. The number of rotatable bonds is 3. The van der Waals surface area contributed by atoms with Gasteiger partial charge in [-0.3, -0.25) is 18.8 Å². The van der Waals surface area contributed by atoms with Gasteiger partial charge in [-0.15, -0.1) is 11.3 Å². The van der Waals surface area contributed by atoms with Gasteiger partial charge in [0.1, 0.15) is 5.56 Å². The maximum absolute atomic E-state index is 12.4. The summed E-state index contributed by atoms with van der Waals surface area (Å²) in [5.41, 5.74) is 0.933. The predicted octanol–water partition coefficient (Wildman–Crippen LogP) is 2.52. The highest BCUT2D eigenvalue weighted by Gasteiger charge is 2.28. The molecule has 0 radical (unpaired) electrons. The second kappa shape index (κ2) is 6.38. The van der Waals surface area contributed by atoms with E-state index >= 15 is 0 Å². The molecule has 1 atom stereocenters. The van der Waals surface area contributed by atoms with Crippen molar-refractivity contribution in [1.82, 2.24) is 9.38 Å². The zero-order valence-electron chi connectivity index (χ0n) is 14.0. The highest BCUT2D eigenvalue weighted by molar-refractivity contribution is 7.15. The molecule has 1 aromatic carbocycles. The number of nitrogens with zero attached hydrogens (tertiary/aromatic N) is 3. The van der Waals surface area contributed by atoms with Crippen molar-refractivity contribution in [1.29, 1.82) is 0 Å². The molecule has 4 rings (SSSR count). The summed E-state index contributed by atoms with van der Waals surface area (Å²) in [5.74, 6) is -0.404. The predicted molar refractivity (Wildman–Crippen MR) is 99.9 cm³/mol. The van der Waals surface area contributed by atoms with Gasteiger partial charge in [0.2, 0.25) is 5.91 Å². The van der Waals surface area contributed by atoms with Crippen LogP contribution in [-0.2, 0) is 4.79 Å². The first-order valence-corrected chi connectivity index (χ1v) is 9.11. The average molecular weight is 368 g/mol. The highest BCUT2D eigenvalue weighted by atomic mass is 32.1. The number of carbonyl (C=O) groups is 2. The van der Waals surface area contributed by atoms with Crippen LogP contribution in [0.25, 0.3) is 4.96 Å². The first kappa shape index (κ1) is 16.5. The van der Waals surface area contributed by atoms with E-state index in [0.29, 0.717) is 17.1 Å². The lowest BCUT2D eigenvalue weighted by Crippen LogP contribution is -2.30. The van der Waals surface area contributed by atoms with Gasteiger partial charge in [-0.1, -0.05) is 0 Å². The van der Waals surface area contributed by atoms with Gasteiger partial charge in [0.05, 0.1) is 0 Å². The lowest BCUT2D eigenvalue weighted by atomic mass is 10.2. The Labute approximate surface area is 152 Å². The van der Waals surface area contributed by atoms with Crippen molar-refractivity contribution < 1.29 is 9.59 Å². The molecule has 1 fully saturated rings. The van der Waals surface area contributed by atoms with Crippen LogP contribution in [0.3, 0.4) is 0 Å². The Morgan fingerprint density at radius 3 is 2.73 bits per heavy atom. The summed E-state index contributed by atoms with van der Waals surface area (Å²) in [4.78, 5) is 43.2. The van der Waals surface area contributed by atoms with E-state index in [1.165, 1.54) is 21.9 Å². The first-order valence-electron chi connectivity index (χ1n) is 8.23. The van der Waals surface area contributed by atoms with Crippen molar-refractivity contribution in [3.8, 4) is 0 Å². The minimum Gasteiger partial charge on any atom is -0.322 e. The second-order valence-corrected chi connectivity index (χ2v) is 7.06. The quantitative estimate of drug-likeness (QED) is 0.770. The molecule has 1 saturated heterocycles. The maximum atomic E-state index is 12.4. The van der Waals surface area contributed by atoms with Crippen LogP contribution in [0.2, 0.25) is 0 Å². The molecule has 1 aliphatic rings. The van der Waals surface area contributed by atoms with Gasteiger partial charge in [0, 0.05) is 41.6 Å². The van der Waals surface area contributed by atoms with Gasteiger partial charge in [-0.2, -0.15) is 0 Å². The van der Waals surface area contributed by atoms with Crippen LogP contribution in [0.1, 0.15) is 30.1 Å². The first-order chi connectivity index (χ1) is 12.5. The number of hydrogen-bond acceptors (Lipinski definition) is 5. The minimum atomic E-state index is -0.513. The van der Waals surface area contributed by atoms with Crippen LogP contribution in [-0.4, -0.2) is 27.2 Å². The van der Waals surface area contributed by atoms with Gasteiger partial charge in [-0.05, 0) is 37.6 Å². The van der Waals surface area contributed by atoms with Crippen molar-refractivity contribution in [2.45, 2.75) is 25.8 Å². The van der Waals surface area contributed by atoms with E-state index in [4.69, 9.17) is 0 Å². The molecule has 8 heteroatoms. The minimum absolute atomic E-state index is 0.0201. The molecule has 0 spiro atoms. The fraction of sp³-hybridized carbons (Fsp3) is 0.222. The maximum Gasteiger partial charge on any atom is 0.271 e. The van der Waals surface area contributed by atoms with Crippen LogP contribution in [0, 0.1) is 0 Å². The van der Waals surface area contributed by atoms with E-state index < -0.39 is 11.5 Å². The Hall–Kier alpha value is -3.00. The average Bonchev–Trinajstić information content (AvgIpc) is 3.23. The Balaban J connectivity index is 1.55. The van der Waals surface area contributed by atoms with Crippen LogP contribution in [0.15, 0.2) is 46.8 Å². The summed E-state index contributed by atoms with van der Waals surface area (Å²) in [6.07, 6.45) is 4.29. The SMILES string of the molecule is CC1CCC(=O)N1c1ccc(NC(=O)c2cnc3sccn3c2=O)cc1. The van der Waals surface area contributed by atoms with Gasteiger partial charge < -0.3 is 10.2 Å². The lowest BCUT2D eigenvalue weighted by Gasteiger charge is -2.21. The van der Waals surface area contributed by atoms with Crippen molar-refractivity contribution in [3.05, 3.63) is 58.0 Å². The van der Waals surface area contributed by atoms with Gasteiger partial charge >= 0.3 is 0 Å². The lowest BCUT2D eigenvalue weighted by molar-refractivity contribution is -0.117. The molecule has 3 aromatic rings. The van der Waals surface area contributed by atoms with Crippen LogP contribution < -0.4 is 15.8 Å². The molecule has 0 bridgehead atoms. The number of anilines is 2. The third-order valence-electron chi connectivity index (χ3n) is 4.48. The number of thiazole rings is 1. The molecule has 26 heavy (non-hydrogen) atoms. The van der Waals surface area contributed by atoms with E-state index in [9.17, 15) is 14.4 Å². The number of nitrogens with one attached hydrogen (secondary N) is 1. The van der Waals surface area contributed by atoms with E-state index in [1.54, 1.807) is 40.7 Å². The zero-order chi connectivity index (χ0) is 18.3. The van der Waals surface area contributed by atoms with E-state index in [0.717, 1.165) is 12.1 Å². The van der Waals surface area contributed by atoms with Crippen molar-refractivity contribution in [2.75, 3.05) is 10.2 Å². The van der Waals surface area contributed by atoms with E-state index in [2.05, 4.69) is 10.3 Å². The summed E-state index contributed by atoms with van der Waals surface area (Å²) in [5, 5.41) is 4.44. The molecule has 1 aliphatic heterocycles. The molecule has 2 aromatic heterocycles. The molecule has 1 N–H and O–H groups in total. The Bertz CT molecular complexity index is 1050. The topological polar surface area (TPSA) is 83.8 Å². The molecule has 7 nitrogen and oxygen atoms in total. The van der Waals surface area contributed by atoms with Crippen molar-refractivity contribution >= 4 is 39.5 Å². The molecule has 132 valence electrons. The molecular weight excluding hydrogens is 352 g/mol. The molecule has 0 aliphatic carbocycles. The molecule has 3 heterocycles. The van der Waals surface area contributed by atoms with Crippen LogP contribution in [0.4, 0.5) is 11.4 Å². The summed E-state index contributed by atoms with van der Waals surface area (Å²) >= 11 is 1.33. The van der Waals surface area contributed by atoms with Crippen LogP contribution in [0.5, 0.6) is 0 Å². The monoisotopic (exact) mass is 368 g/mol. The molecule has 2 amide bonds. The van der Waals surface area contributed by atoms with Crippen molar-refractivity contribution in [2.24, 2.45) is 0 Å². The normalized spacial score (nSPS) is 17.0. The largest absolute Gasteiger partial charge is 0.322 e. The third-order valence-corrected chi connectivity index (χ3v) is 5.25. The standard InChI is InChI=1S/C18H16N4O3S/c1-11-2-7-15(23)22(11)13-5-3-12(4-6-13)20-16(24)14-10-19-18-21(17(14)25)8-9-26-18/h3-6,8-11H,2,7H2,1H3,(H,20,24). The number of benzene rings is 1. The second-order valence-electron chi connectivity index (χ2n) is 6.19. The number of carbonyl (C=O) groups excluding carboxylic acids is 2. The third kappa shape index (κ3) is 2.78. The Kier molecular flexibility index (Phi) is 4.04. The van der Waals surface area contributed by atoms with Crippen molar-refractivity contribution in [3.63, 3.8) is 0 Å². The van der Waals surface area contributed by atoms with Gasteiger partial charge in [0.25, 0.3) is 11.5 Å². The number of hydrogen-bond donors (Lipinski definition) is 1. The molecular formula is C18H16N4O3S. The van der Waals surface area contributed by atoms with E-state index in [1.807, 2.05) is 6.92 Å². The van der Waals surface area contributed by atoms with E-state index in [-0.39, 0.29) is 17.5 Å². The fourth-order valence-electron chi connectivity index (χ4n) is 3.11.